The number of nitrogens with one attached hydrogen (secondary N) is 2. The molecule has 0 aromatic heterocycles. The topological polar surface area (TPSA) is 95.5 Å². The summed E-state index contributed by atoms with van der Waals surface area (Å²) in [6.07, 6.45) is 4.23. The number of hydrogen-bond donors (Lipinski definition) is 3. The van der Waals surface area contributed by atoms with Gasteiger partial charge in [-0.25, -0.2) is 0 Å². The molecule has 3 rings (SSSR count). The largest absolute Gasteiger partial charge is 0.481 e. The number of aliphatic carboxylic acids is 1. The second kappa shape index (κ2) is 9.54. The number of fused-ring (bicyclic) bond motifs is 1. The van der Waals surface area contributed by atoms with Gasteiger partial charge in [-0.2, -0.15) is 0 Å². The Morgan fingerprint density at radius 3 is 2.41 bits per heavy atom. The van der Waals surface area contributed by atoms with Crippen LogP contribution in [0.15, 0.2) is 42.5 Å². The second-order valence-corrected chi connectivity index (χ2v) is 7.89. The fraction of sp³-hybridized carbons (Fsp3) is 0.435. The standard InChI is InChI=1S/C23H28N2O4/c1-15(26)25-21(18-7-3-4-8-18)22(27)24-14-20(23(28)29)13-16-10-11-17-6-2-5-9-19(17)12-16/h2,5-6,9-12,18,20-21H,3-4,7-8,13-14H2,1H3,(H,24,27)(H,25,26)(H,28,29). The van der Waals surface area contributed by atoms with Crippen LogP contribution in [0.5, 0.6) is 0 Å². The van der Waals surface area contributed by atoms with Gasteiger partial charge in [0.05, 0.1) is 5.92 Å². The number of carboxylic acid groups (broad SMARTS) is 1. The molecule has 0 heterocycles. The van der Waals surface area contributed by atoms with Crippen molar-refractivity contribution in [2.45, 2.75) is 45.1 Å². The molecule has 1 aliphatic carbocycles. The van der Waals surface area contributed by atoms with Crippen molar-refractivity contribution in [3.8, 4) is 0 Å². The number of carboxylic acids is 1. The van der Waals surface area contributed by atoms with Crippen molar-refractivity contribution < 1.29 is 19.5 Å². The highest BCUT2D eigenvalue weighted by Gasteiger charge is 2.32. The minimum atomic E-state index is -0.949. The monoisotopic (exact) mass is 396 g/mol. The maximum absolute atomic E-state index is 12.7. The highest BCUT2D eigenvalue weighted by atomic mass is 16.4. The van der Waals surface area contributed by atoms with Crippen LogP contribution < -0.4 is 10.6 Å². The molecule has 3 N–H and O–H groups in total. The lowest BCUT2D eigenvalue weighted by molar-refractivity contribution is -0.141. The normalized spacial score (nSPS) is 16.3. The van der Waals surface area contributed by atoms with Crippen LogP contribution in [0.4, 0.5) is 0 Å². The Morgan fingerprint density at radius 2 is 1.76 bits per heavy atom. The van der Waals surface area contributed by atoms with Gasteiger partial charge in [-0.1, -0.05) is 55.3 Å². The van der Waals surface area contributed by atoms with Gasteiger partial charge in [0, 0.05) is 13.5 Å². The van der Waals surface area contributed by atoms with Crippen LogP contribution in [0.3, 0.4) is 0 Å². The number of carbonyl (C=O) groups excluding carboxylic acids is 2. The van der Waals surface area contributed by atoms with E-state index in [1.807, 2.05) is 42.5 Å². The molecule has 2 unspecified atom stereocenters. The predicted molar refractivity (Wildman–Crippen MR) is 111 cm³/mol. The minimum absolute atomic E-state index is 0.0315. The second-order valence-electron chi connectivity index (χ2n) is 7.89. The Morgan fingerprint density at radius 1 is 1.07 bits per heavy atom. The molecule has 6 nitrogen and oxygen atoms in total. The van der Waals surface area contributed by atoms with Crippen molar-refractivity contribution in [2.75, 3.05) is 6.54 Å². The SMILES string of the molecule is CC(=O)NC(C(=O)NCC(Cc1ccc2ccccc2c1)C(=O)O)C1CCCC1. The number of rotatable bonds is 8. The van der Waals surface area contributed by atoms with E-state index in [0.29, 0.717) is 6.42 Å². The van der Waals surface area contributed by atoms with E-state index in [9.17, 15) is 19.5 Å². The van der Waals surface area contributed by atoms with Crippen LogP contribution in [0.2, 0.25) is 0 Å². The van der Waals surface area contributed by atoms with Gasteiger partial charge in [0.1, 0.15) is 6.04 Å². The molecule has 0 radical (unpaired) electrons. The van der Waals surface area contributed by atoms with E-state index in [2.05, 4.69) is 10.6 Å². The summed E-state index contributed by atoms with van der Waals surface area (Å²) in [5, 5.41) is 17.3. The Balaban J connectivity index is 1.65. The molecule has 0 spiro atoms. The van der Waals surface area contributed by atoms with E-state index < -0.39 is 17.9 Å². The molecule has 2 atom stereocenters. The van der Waals surface area contributed by atoms with Gasteiger partial charge in [-0.15, -0.1) is 0 Å². The van der Waals surface area contributed by atoms with Gasteiger partial charge in [0.25, 0.3) is 0 Å². The van der Waals surface area contributed by atoms with E-state index in [1.54, 1.807) is 0 Å². The first-order valence-corrected chi connectivity index (χ1v) is 10.2. The van der Waals surface area contributed by atoms with Crippen molar-refractivity contribution in [1.29, 1.82) is 0 Å². The zero-order valence-corrected chi connectivity index (χ0v) is 16.7. The maximum Gasteiger partial charge on any atom is 0.308 e. The Hall–Kier alpha value is -2.89. The smallest absolute Gasteiger partial charge is 0.308 e. The van der Waals surface area contributed by atoms with Crippen LogP contribution >= 0.6 is 0 Å². The minimum Gasteiger partial charge on any atom is -0.481 e. The average molecular weight is 396 g/mol. The fourth-order valence-corrected chi connectivity index (χ4v) is 4.14. The molecule has 0 saturated heterocycles. The Labute approximate surface area is 170 Å². The van der Waals surface area contributed by atoms with Gasteiger partial charge >= 0.3 is 5.97 Å². The van der Waals surface area contributed by atoms with E-state index in [0.717, 1.165) is 42.0 Å². The molecule has 2 aromatic carbocycles. The van der Waals surface area contributed by atoms with Crippen LogP contribution in [0.1, 0.15) is 38.2 Å². The van der Waals surface area contributed by atoms with Gasteiger partial charge < -0.3 is 15.7 Å². The molecule has 2 aromatic rings. The van der Waals surface area contributed by atoms with E-state index in [-0.39, 0.29) is 24.3 Å². The molecule has 6 heteroatoms. The Bertz CT molecular complexity index is 889. The van der Waals surface area contributed by atoms with Gasteiger partial charge in [0.2, 0.25) is 11.8 Å². The van der Waals surface area contributed by atoms with Crippen molar-refractivity contribution in [2.24, 2.45) is 11.8 Å². The highest BCUT2D eigenvalue weighted by Crippen LogP contribution is 2.28. The summed E-state index contributed by atoms with van der Waals surface area (Å²) >= 11 is 0. The summed E-state index contributed by atoms with van der Waals surface area (Å²) in [5.41, 5.74) is 0.916. The number of carbonyl (C=O) groups is 3. The summed E-state index contributed by atoms with van der Waals surface area (Å²) in [4.78, 5) is 36.0. The lowest BCUT2D eigenvalue weighted by atomic mass is 9.95. The first-order chi connectivity index (χ1) is 13.9. The molecule has 154 valence electrons. The zero-order chi connectivity index (χ0) is 20.8. The quantitative estimate of drug-likeness (QED) is 0.639. The van der Waals surface area contributed by atoms with Crippen molar-refractivity contribution in [1.82, 2.24) is 10.6 Å². The molecule has 0 bridgehead atoms. The van der Waals surface area contributed by atoms with Crippen LogP contribution in [0, 0.1) is 11.8 Å². The molecule has 0 aliphatic heterocycles. The van der Waals surface area contributed by atoms with Gasteiger partial charge in [-0.05, 0) is 41.5 Å². The third-order valence-electron chi connectivity index (χ3n) is 5.68. The lowest BCUT2D eigenvalue weighted by Crippen LogP contribution is -2.51. The number of hydrogen-bond acceptors (Lipinski definition) is 3. The average Bonchev–Trinajstić information content (AvgIpc) is 3.23. The Kier molecular flexibility index (Phi) is 6.86. The van der Waals surface area contributed by atoms with Gasteiger partial charge in [-0.3, -0.25) is 14.4 Å². The molecule has 29 heavy (non-hydrogen) atoms. The van der Waals surface area contributed by atoms with Crippen molar-refractivity contribution in [3.63, 3.8) is 0 Å². The molecular formula is C23H28N2O4. The molecule has 1 fully saturated rings. The summed E-state index contributed by atoms with van der Waals surface area (Å²) in [5.74, 6) is -2.11. The van der Waals surface area contributed by atoms with Crippen LogP contribution in [-0.2, 0) is 20.8 Å². The lowest BCUT2D eigenvalue weighted by Gasteiger charge is -2.24. The van der Waals surface area contributed by atoms with Crippen molar-refractivity contribution in [3.05, 3.63) is 48.0 Å². The third-order valence-corrected chi connectivity index (χ3v) is 5.68. The number of amides is 2. The van der Waals surface area contributed by atoms with E-state index in [4.69, 9.17) is 0 Å². The highest BCUT2D eigenvalue weighted by molar-refractivity contribution is 5.87. The molecular weight excluding hydrogens is 368 g/mol. The molecule has 1 saturated carbocycles. The van der Waals surface area contributed by atoms with E-state index >= 15 is 0 Å². The summed E-state index contributed by atoms with van der Waals surface area (Å²) in [6.45, 7) is 1.43. The van der Waals surface area contributed by atoms with E-state index in [1.165, 1.54) is 6.92 Å². The molecule has 1 aliphatic rings. The summed E-state index contributed by atoms with van der Waals surface area (Å²) in [6, 6.07) is 13.2. The van der Waals surface area contributed by atoms with Crippen molar-refractivity contribution >= 4 is 28.6 Å². The summed E-state index contributed by atoms with van der Waals surface area (Å²) < 4.78 is 0. The third kappa shape index (κ3) is 5.56. The van der Waals surface area contributed by atoms with Gasteiger partial charge in [0.15, 0.2) is 0 Å². The first-order valence-electron chi connectivity index (χ1n) is 10.2. The fourth-order valence-electron chi connectivity index (χ4n) is 4.14. The predicted octanol–water partition coefficient (Wildman–Crippen LogP) is 2.89. The molecule has 2 amide bonds. The van der Waals surface area contributed by atoms with Crippen LogP contribution in [-0.4, -0.2) is 35.5 Å². The zero-order valence-electron chi connectivity index (χ0n) is 16.7. The first kappa shape index (κ1) is 20.8. The number of benzene rings is 2. The van der Waals surface area contributed by atoms with Crippen LogP contribution in [0.25, 0.3) is 10.8 Å². The maximum atomic E-state index is 12.7. The summed E-state index contributed by atoms with van der Waals surface area (Å²) in [7, 11) is 0.